The van der Waals surface area contributed by atoms with Crippen molar-refractivity contribution in [1.82, 2.24) is 10.3 Å². The van der Waals surface area contributed by atoms with Crippen molar-refractivity contribution in [2.45, 2.75) is 0 Å². The number of anilines is 2. The summed E-state index contributed by atoms with van der Waals surface area (Å²) in [5, 5.41) is 10.5. The van der Waals surface area contributed by atoms with Gasteiger partial charge in [0, 0.05) is 11.3 Å². The fourth-order valence-corrected chi connectivity index (χ4v) is 1.82. The molecule has 1 N–H and O–H groups in total. The van der Waals surface area contributed by atoms with E-state index in [0.717, 1.165) is 16.8 Å². The van der Waals surface area contributed by atoms with E-state index >= 15 is 0 Å². The third kappa shape index (κ3) is 2.08. The van der Waals surface area contributed by atoms with Gasteiger partial charge in [0.25, 0.3) is 0 Å². The number of hydrogen-bond acceptors (Lipinski definition) is 4. The second-order valence-electron chi connectivity index (χ2n) is 3.83. The zero-order valence-corrected chi connectivity index (χ0v) is 9.58. The molecule has 0 radical (unpaired) electrons. The fraction of sp³-hybridized carbons (Fsp3) is 0. The van der Waals surface area contributed by atoms with Gasteiger partial charge in [-0.25, -0.2) is 4.63 Å². The highest BCUT2D eigenvalue weighted by Crippen LogP contribution is 2.29. The third-order valence-electron chi connectivity index (χ3n) is 2.64. The molecule has 0 unspecified atom stereocenters. The minimum atomic E-state index is 0.596. The normalized spacial score (nSPS) is 10.2. The molecular formula is C14H11N3O. The standard InChI is InChI=1S/C14H11N3O/c1-2-6-11(7-3-1)12-8-4-5-9-13(12)16-14-10-15-18-17-14/h1-10H,(H,16,17). The van der Waals surface area contributed by atoms with Crippen molar-refractivity contribution in [1.29, 1.82) is 0 Å². The van der Waals surface area contributed by atoms with Crippen LogP contribution in [-0.4, -0.2) is 10.3 Å². The summed E-state index contributed by atoms with van der Waals surface area (Å²) in [6, 6.07) is 18.2. The topological polar surface area (TPSA) is 51.0 Å². The Bertz CT molecular complexity index is 621. The molecule has 0 fully saturated rings. The van der Waals surface area contributed by atoms with Crippen LogP contribution in [0.5, 0.6) is 0 Å². The predicted octanol–water partition coefficient (Wildman–Crippen LogP) is 3.48. The smallest absolute Gasteiger partial charge is 0.195 e. The van der Waals surface area contributed by atoms with E-state index in [0.29, 0.717) is 5.82 Å². The van der Waals surface area contributed by atoms with E-state index in [1.165, 1.54) is 0 Å². The van der Waals surface area contributed by atoms with Crippen LogP contribution in [-0.2, 0) is 0 Å². The molecule has 1 heterocycles. The van der Waals surface area contributed by atoms with Gasteiger partial charge < -0.3 is 5.32 Å². The van der Waals surface area contributed by atoms with E-state index in [9.17, 15) is 0 Å². The van der Waals surface area contributed by atoms with Crippen molar-refractivity contribution in [2.24, 2.45) is 0 Å². The lowest BCUT2D eigenvalue weighted by Gasteiger charge is -2.09. The number of hydrogen-bond donors (Lipinski definition) is 1. The molecule has 0 saturated carbocycles. The van der Waals surface area contributed by atoms with Crippen LogP contribution >= 0.6 is 0 Å². The van der Waals surface area contributed by atoms with Crippen molar-refractivity contribution in [3.05, 3.63) is 60.8 Å². The molecule has 4 nitrogen and oxygen atoms in total. The van der Waals surface area contributed by atoms with E-state index < -0.39 is 0 Å². The first-order valence-electron chi connectivity index (χ1n) is 5.62. The van der Waals surface area contributed by atoms with E-state index in [1.54, 1.807) is 6.20 Å². The summed E-state index contributed by atoms with van der Waals surface area (Å²) in [6.45, 7) is 0. The lowest BCUT2D eigenvalue weighted by Crippen LogP contribution is -1.93. The zero-order chi connectivity index (χ0) is 12.2. The maximum absolute atomic E-state index is 4.57. The third-order valence-corrected chi connectivity index (χ3v) is 2.64. The van der Waals surface area contributed by atoms with Crippen LogP contribution < -0.4 is 5.32 Å². The van der Waals surface area contributed by atoms with Crippen LogP contribution in [0.1, 0.15) is 0 Å². The molecule has 0 spiro atoms. The molecule has 0 aliphatic rings. The highest BCUT2D eigenvalue weighted by atomic mass is 16.6. The maximum Gasteiger partial charge on any atom is 0.195 e. The number of para-hydroxylation sites is 1. The first-order valence-corrected chi connectivity index (χ1v) is 5.62. The summed E-state index contributed by atoms with van der Waals surface area (Å²) in [7, 11) is 0. The molecule has 2 aromatic carbocycles. The van der Waals surface area contributed by atoms with Gasteiger partial charge in [-0.05, 0) is 16.8 Å². The Labute approximate surface area is 104 Å². The molecule has 3 rings (SSSR count). The van der Waals surface area contributed by atoms with Crippen LogP contribution in [0.15, 0.2) is 65.4 Å². The van der Waals surface area contributed by atoms with Gasteiger partial charge >= 0.3 is 0 Å². The highest BCUT2D eigenvalue weighted by Gasteiger charge is 2.05. The fourth-order valence-electron chi connectivity index (χ4n) is 1.82. The minimum Gasteiger partial charge on any atom is -0.335 e. The number of nitrogens with zero attached hydrogens (tertiary/aromatic N) is 2. The lowest BCUT2D eigenvalue weighted by atomic mass is 10.0. The van der Waals surface area contributed by atoms with Crippen LogP contribution in [0, 0.1) is 0 Å². The first kappa shape index (κ1) is 10.5. The summed E-state index contributed by atoms with van der Waals surface area (Å²) in [6.07, 6.45) is 1.54. The second-order valence-corrected chi connectivity index (χ2v) is 3.83. The molecule has 0 aliphatic carbocycles. The first-order chi connectivity index (χ1) is 8.93. The highest BCUT2D eigenvalue weighted by molar-refractivity contribution is 5.80. The molecule has 1 aromatic heterocycles. The molecular weight excluding hydrogens is 226 g/mol. The van der Waals surface area contributed by atoms with Gasteiger partial charge in [0.05, 0.1) is 0 Å². The van der Waals surface area contributed by atoms with Crippen molar-refractivity contribution in [2.75, 3.05) is 5.32 Å². The zero-order valence-electron chi connectivity index (χ0n) is 9.58. The summed E-state index contributed by atoms with van der Waals surface area (Å²) < 4.78 is 4.57. The molecule has 3 aromatic rings. The Morgan fingerprint density at radius 3 is 2.44 bits per heavy atom. The molecule has 0 saturated heterocycles. The van der Waals surface area contributed by atoms with Gasteiger partial charge in [-0.1, -0.05) is 53.7 Å². The van der Waals surface area contributed by atoms with Gasteiger partial charge in [-0.15, -0.1) is 0 Å². The van der Waals surface area contributed by atoms with E-state index in [4.69, 9.17) is 0 Å². The average Bonchev–Trinajstić information content (AvgIpc) is 2.93. The monoisotopic (exact) mass is 237 g/mol. The van der Waals surface area contributed by atoms with Gasteiger partial charge in [-0.2, -0.15) is 0 Å². The van der Waals surface area contributed by atoms with Crippen LogP contribution in [0.25, 0.3) is 11.1 Å². The lowest BCUT2D eigenvalue weighted by molar-refractivity contribution is 0.308. The quantitative estimate of drug-likeness (QED) is 0.757. The van der Waals surface area contributed by atoms with Crippen molar-refractivity contribution in [3.8, 4) is 11.1 Å². The predicted molar refractivity (Wildman–Crippen MR) is 69.5 cm³/mol. The molecule has 0 bridgehead atoms. The van der Waals surface area contributed by atoms with Gasteiger partial charge in [0.1, 0.15) is 6.20 Å². The van der Waals surface area contributed by atoms with E-state index in [2.05, 4.69) is 38.5 Å². The Hall–Kier alpha value is -2.62. The van der Waals surface area contributed by atoms with Crippen LogP contribution in [0.4, 0.5) is 11.5 Å². The molecule has 0 atom stereocenters. The Kier molecular flexibility index (Phi) is 2.75. The van der Waals surface area contributed by atoms with Crippen molar-refractivity contribution in [3.63, 3.8) is 0 Å². The average molecular weight is 237 g/mol. The van der Waals surface area contributed by atoms with E-state index in [1.807, 2.05) is 36.4 Å². The summed E-state index contributed by atoms with van der Waals surface area (Å²) >= 11 is 0. The number of nitrogens with one attached hydrogen (secondary N) is 1. The maximum atomic E-state index is 4.57. The Balaban J connectivity index is 2.00. The van der Waals surface area contributed by atoms with E-state index in [-0.39, 0.29) is 0 Å². The van der Waals surface area contributed by atoms with Gasteiger partial charge in [0.2, 0.25) is 0 Å². The number of benzene rings is 2. The van der Waals surface area contributed by atoms with Crippen molar-refractivity contribution < 1.29 is 4.63 Å². The summed E-state index contributed by atoms with van der Waals surface area (Å²) in [4.78, 5) is 0. The Morgan fingerprint density at radius 2 is 1.67 bits per heavy atom. The second kappa shape index (κ2) is 4.71. The SMILES string of the molecule is c1ccc(-c2ccccc2Nc2cnon2)cc1. The molecule has 0 aliphatic heterocycles. The van der Waals surface area contributed by atoms with Crippen molar-refractivity contribution >= 4 is 11.5 Å². The minimum absolute atomic E-state index is 0.596. The number of rotatable bonds is 3. The number of aromatic nitrogens is 2. The largest absolute Gasteiger partial charge is 0.335 e. The Morgan fingerprint density at radius 1 is 0.889 bits per heavy atom. The summed E-state index contributed by atoms with van der Waals surface area (Å²) in [5.74, 6) is 0.596. The van der Waals surface area contributed by atoms with Crippen LogP contribution in [0.2, 0.25) is 0 Å². The molecule has 18 heavy (non-hydrogen) atoms. The van der Waals surface area contributed by atoms with Gasteiger partial charge in [0.15, 0.2) is 5.82 Å². The van der Waals surface area contributed by atoms with Crippen LogP contribution in [0.3, 0.4) is 0 Å². The van der Waals surface area contributed by atoms with Gasteiger partial charge in [-0.3, -0.25) is 0 Å². The molecule has 88 valence electrons. The molecule has 0 amide bonds. The summed E-state index contributed by atoms with van der Waals surface area (Å²) in [5.41, 5.74) is 3.23. The molecule has 4 heteroatoms.